The van der Waals surface area contributed by atoms with Crippen molar-refractivity contribution in [2.75, 3.05) is 13.2 Å². The van der Waals surface area contributed by atoms with E-state index < -0.39 is 0 Å². The Balaban J connectivity index is 1.62. The van der Waals surface area contributed by atoms with Crippen LogP contribution in [0.3, 0.4) is 0 Å². The van der Waals surface area contributed by atoms with Crippen molar-refractivity contribution in [3.05, 3.63) is 0 Å². The van der Waals surface area contributed by atoms with Gasteiger partial charge in [0.2, 0.25) is 5.91 Å². The molecule has 3 heteroatoms. The van der Waals surface area contributed by atoms with Crippen molar-refractivity contribution < 1.29 is 9.90 Å². The van der Waals surface area contributed by atoms with Crippen molar-refractivity contribution >= 4 is 5.91 Å². The van der Waals surface area contributed by atoms with Gasteiger partial charge in [0.25, 0.3) is 0 Å². The molecule has 3 unspecified atom stereocenters. The van der Waals surface area contributed by atoms with Crippen molar-refractivity contribution in [2.24, 2.45) is 17.8 Å². The average Bonchev–Trinajstić information content (AvgIpc) is 3.05. The highest BCUT2D eigenvalue weighted by Gasteiger charge is 2.38. The highest BCUT2D eigenvalue weighted by Crippen LogP contribution is 2.43. The Morgan fingerprint density at radius 1 is 0.905 bits per heavy atom. The number of carbonyl (C=O) groups is 1. The predicted octanol–water partition coefficient (Wildman–Crippen LogP) is 3.36. The zero-order valence-corrected chi connectivity index (χ0v) is 13.3. The second kappa shape index (κ2) is 7.13. The van der Waals surface area contributed by atoms with Crippen LogP contribution in [0.25, 0.3) is 0 Å². The highest BCUT2D eigenvalue weighted by atomic mass is 16.3. The highest BCUT2D eigenvalue weighted by molar-refractivity contribution is 5.79. The fraction of sp³-hybridized carbons (Fsp3) is 0.944. The molecule has 120 valence electrons. The minimum Gasteiger partial charge on any atom is -0.395 e. The molecule has 3 aliphatic rings. The van der Waals surface area contributed by atoms with E-state index in [0.29, 0.717) is 18.5 Å². The summed E-state index contributed by atoms with van der Waals surface area (Å²) in [5.74, 6) is 2.32. The van der Waals surface area contributed by atoms with E-state index in [9.17, 15) is 9.90 Å². The van der Waals surface area contributed by atoms with Crippen LogP contribution in [0.5, 0.6) is 0 Å². The smallest absolute Gasteiger partial charge is 0.226 e. The summed E-state index contributed by atoms with van der Waals surface area (Å²) in [7, 11) is 0. The van der Waals surface area contributed by atoms with E-state index in [1.54, 1.807) is 0 Å². The van der Waals surface area contributed by atoms with Gasteiger partial charge in [-0.3, -0.25) is 4.79 Å². The first kappa shape index (κ1) is 15.3. The molecule has 3 aliphatic carbocycles. The monoisotopic (exact) mass is 293 g/mol. The van der Waals surface area contributed by atoms with E-state index in [-0.39, 0.29) is 12.5 Å². The van der Waals surface area contributed by atoms with Crippen LogP contribution in [-0.2, 0) is 4.79 Å². The summed E-state index contributed by atoms with van der Waals surface area (Å²) >= 11 is 0. The Morgan fingerprint density at radius 2 is 1.57 bits per heavy atom. The molecule has 0 spiro atoms. The first-order valence-electron chi connectivity index (χ1n) is 9.21. The van der Waals surface area contributed by atoms with Crippen LogP contribution in [0, 0.1) is 17.8 Å². The minimum atomic E-state index is 0.112. The zero-order chi connectivity index (χ0) is 14.7. The van der Waals surface area contributed by atoms with E-state index >= 15 is 0 Å². The fourth-order valence-electron chi connectivity index (χ4n) is 5.13. The SMILES string of the molecule is O=C(C1CCC2CCCCC2C1)N(CCO)C1CCCC1. The van der Waals surface area contributed by atoms with Crippen molar-refractivity contribution in [1.29, 1.82) is 0 Å². The van der Waals surface area contributed by atoms with Gasteiger partial charge in [-0.1, -0.05) is 38.5 Å². The van der Waals surface area contributed by atoms with E-state index in [1.165, 1.54) is 44.9 Å². The number of nitrogens with zero attached hydrogens (tertiary/aromatic N) is 1. The maximum Gasteiger partial charge on any atom is 0.226 e. The molecule has 0 saturated heterocycles. The number of hydrogen-bond acceptors (Lipinski definition) is 2. The number of aliphatic hydroxyl groups is 1. The summed E-state index contributed by atoms with van der Waals surface area (Å²) in [6.45, 7) is 0.662. The molecule has 0 aromatic heterocycles. The van der Waals surface area contributed by atoms with Crippen LogP contribution in [0.1, 0.15) is 70.6 Å². The van der Waals surface area contributed by atoms with E-state index in [1.807, 2.05) is 4.90 Å². The van der Waals surface area contributed by atoms with Crippen LogP contribution in [0.15, 0.2) is 0 Å². The van der Waals surface area contributed by atoms with Gasteiger partial charge in [-0.15, -0.1) is 0 Å². The lowest BCUT2D eigenvalue weighted by molar-refractivity contribution is -0.140. The molecule has 0 heterocycles. The third-order valence-corrected chi connectivity index (χ3v) is 6.28. The van der Waals surface area contributed by atoms with Gasteiger partial charge in [0, 0.05) is 18.5 Å². The lowest BCUT2D eigenvalue weighted by atomic mass is 9.67. The minimum absolute atomic E-state index is 0.112. The topological polar surface area (TPSA) is 40.5 Å². The van der Waals surface area contributed by atoms with Crippen molar-refractivity contribution in [1.82, 2.24) is 4.90 Å². The van der Waals surface area contributed by atoms with Gasteiger partial charge in [0.05, 0.1) is 6.61 Å². The summed E-state index contributed by atoms with van der Waals surface area (Å²) in [5.41, 5.74) is 0. The third-order valence-electron chi connectivity index (χ3n) is 6.28. The Bertz CT molecular complexity index is 351. The summed E-state index contributed by atoms with van der Waals surface area (Å²) in [6.07, 6.45) is 13.8. The molecule has 3 nitrogen and oxygen atoms in total. The van der Waals surface area contributed by atoms with Gasteiger partial charge in [-0.2, -0.15) is 0 Å². The zero-order valence-electron chi connectivity index (χ0n) is 13.3. The molecule has 0 bridgehead atoms. The molecule has 3 rings (SSSR count). The van der Waals surface area contributed by atoms with Crippen molar-refractivity contribution in [3.63, 3.8) is 0 Å². The Hall–Kier alpha value is -0.570. The van der Waals surface area contributed by atoms with Crippen LogP contribution in [0.2, 0.25) is 0 Å². The predicted molar refractivity (Wildman–Crippen MR) is 83.8 cm³/mol. The number of rotatable bonds is 4. The number of aliphatic hydroxyl groups excluding tert-OH is 1. The Morgan fingerprint density at radius 3 is 2.29 bits per heavy atom. The van der Waals surface area contributed by atoms with Crippen molar-refractivity contribution in [2.45, 2.75) is 76.7 Å². The molecule has 3 atom stereocenters. The standard InChI is InChI=1S/C18H31NO2/c20-12-11-19(17-7-3-4-8-17)18(21)16-10-9-14-5-1-2-6-15(14)13-16/h14-17,20H,1-13H2. The Kier molecular flexibility index (Phi) is 5.20. The first-order chi connectivity index (χ1) is 10.3. The molecule has 0 radical (unpaired) electrons. The van der Waals surface area contributed by atoms with Crippen LogP contribution in [-0.4, -0.2) is 35.1 Å². The Labute approximate surface area is 129 Å². The largest absolute Gasteiger partial charge is 0.395 e. The van der Waals surface area contributed by atoms with Crippen LogP contribution in [0.4, 0.5) is 0 Å². The number of fused-ring (bicyclic) bond motifs is 1. The van der Waals surface area contributed by atoms with E-state index in [4.69, 9.17) is 0 Å². The van der Waals surface area contributed by atoms with Crippen LogP contribution >= 0.6 is 0 Å². The maximum atomic E-state index is 13.0. The number of carbonyl (C=O) groups excluding carboxylic acids is 1. The van der Waals surface area contributed by atoms with Crippen molar-refractivity contribution in [3.8, 4) is 0 Å². The number of hydrogen-bond donors (Lipinski definition) is 1. The second-order valence-electron chi connectivity index (χ2n) is 7.51. The molecule has 3 saturated carbocycles. The molecule has 21 heavy (non-hydrogen) atoms. The van der Waals surface area contributed by atoms with Gasteiger partial charge in [-0.25, -0.2) is 0 Å². The summed E-state index contributed by atoms with van der Waals surface area (Å²) in [5, 5.41) is 9.34. The molecule has 3 fully saturated rings. The average molecular weight is 293 g/mol. The molecule has 1 N–H and O–H groups in total. The molecule has 0 aromatic rings. The van der Waals surface area contributed by atoms with Gasteiger partial charge in [0.15, 0.2) is 0 Å². The molecule has 1 amide bonds. The first-order valence-corrected chi connectivity index (χ1v) is 9.21. The lowest BCUT2D eigenvalue weighted by Crippen LogP contribution is -2.46. The maximum absolute atomic E-state index is 13.0. The molecular weight excluding hydrogens is 262 g/mol. The second-order valence-corrected chi connectivity index (χ2v) is 7.51. The summed E-state index contributed by atoms with van der Waals surface area (Å²) in [6, 6.07) is 0.411. The quantitative estimate of drug-likeness (QED) is 0.863. The van der Waals surface area contributed by atoms with Gasteiger partial charge in [0.1, 0.15) is 0 Å². The third kappa shape index (κ3) is 3.44. The molecule has 0 aromatic carbocycles. The lowest BCUT2D eigenvalue weighted by Gasteiger charge is -2.41. The summed E-state index contributed by atoms with van der Waals surface area (Å²) in [4.78, 5) is 15.0. The van der Waals surface area contributed by atoms with E-state index in [0.717, 1.165) is 37.5 Å². The fourth-order valence-corrected chi connectivity index (χ4v) is 5.13. The normalized spacial score (nSPS) is 33.7. The van der Waals surface area contributed by atoms with Crippen LogP contribution < -0.4 is 0 Å². The van der Waals surface area contributed by atoms with Gasteiger partial charge >= 0.3 is 0 Å². The molecular formula is C18H31NO2. The van der Waals surface area contributed by atoms with E-state index in [2.05, 4.69) is 0 Å². The van der Waals surface area contributed by atoms with Gasteiger partial charge in [-0.05, 0) is 43.9 Å². The van der Waals surface area contributed by atoms with Gasteiger partial charge < -0.3 is 10.0 Å². The summed E-state index contributed by atoms with van der Waals surface area (Å²) < 4.78 is 0. The number of amides is 1. The molecule has 0 aliphatic heterocycles.